The molecule has 0 spiro atoms. The third-order valence-corrected chi connectivity index (χ3v) is 2.71. The third kappa shape index (κ3) is 3.08. The van der Waals surface area contributed by atoms with Crippen LogP contribution in [0, 0.1) is 17.0 Å². The molecule has 0 saturated carbocycles. The molecular weight excluding hydrogens is 244 g/mol. The molecule has 0 amide bonds. The smallest absolute Gasteiger partial charge is 0.269 e. The Morgan fingerprint density at radius 1 is 1.21 bits per heavy atom. The van der Waals surface area contributed by atoms with Gasteiger partial charge in [-0.25, -0.2) is 0 Å². The van der Waals surface area contributed by atoms with Gasteiger partial charge in [-0.3, -0.25) is 10.1 Å². The molecule has 0 aliphatic heterocycles. The number of nitrogens with two attached hydrogens (primary N) is 1. The fraction of sp³-hybridized carbons (Fsp3) is 0.143. The quantitative estimate of drug-likeness (QED) is 0.675. The molecule has 2 rings (SSSR count). The average Bonchev–Trinajstić information content (AvgIpc) is 2.41. The van der Waals surface area contributed by atoms with Crippen molar-refractivity contribution in [3.8, 4) is 11.5 Å². The molecule has 0 unspecified atom stereocenters. The van der Waals surface area contributed by atoms with Crippen molar-refractivity contribution >= 4 is 5.69 Å². The highest BCUT2D eigenvalue weighted by Gasteiger charge is 2.07. The number of hydrogen-bond donors (Lipinski definition) is 1. The Bertz CT molecular complexity index is 594. The lowest BCUT2D eigenvalue weighted by molar-refractivity contribution is -0.384. The van der Waals surface area contributed by atoms with Crippen molar-refractivity contribution in [2.24, 2.45) is 5.73 Å². The van der Waals surface area contributed by atoms with Gasteiger partial charge in [-0.05, 0) is 25.1 Å². The number of hydrogen-bond acceptors (Lipinski definition) is 4. The van der Waals surface area contributed by atoms with E-state index >= 15 is 0 Å². The molecule has 0 fully saturated rings. The Kier molecular flexibility index (Phi) is 3.77. The Morgan fingerprint density at radius 2 is 1.89 bits per heavy atom. The maximum absolute atomic E-state index is 10.6. The van der Waals surface area contributed by atoms with E-state index in [1.807, 2.05) is 25.1 Å². The van der Waals surface area contributed by atoms with E-state index in [1.165, 1.54) is 12.1 Å². The molecule has 0 radical (unpaired) electrons. The predicted octanol–water partition coefficient (Wildman–Crippen LogP) is 3.15. The summed E-state index contributed by atoms with van der Waals surface area (Å²) in [6, 6.07) is 11.7. The number of nitro groups is 1. The SMILES string of the molecule is Cc1ccc(Oc2ccc([N+](=O)[O-])cc2)c(CN)c1. The van der Waals surface area contributed by atoms with Gasteiger partial charge in [0.1, 0.15) is 11.5 Å². The minimum Gasteiger partial charge on any atom is -0.457 e. The molecule has 0 aliphatic rings. The van der Waals surface area contributed by atoms with Crippen molar-refractivity contribution in [3.63, 3.8) is 0 Å². The number of ether oxygens (including phenoxy) is 1. The average molecular weight is 258 g/mol. The Morgan fingerprint density at radius 3 is 2.47 bits per heavy atom. The standard InChI is InChI=1S/C14H14N2O3/c1-10-2-7-14(11(8-10)9-15)19-13-5-3-12(4-6-13)16(17)18/h2-8H,9,15H2,1H3. The van der Waals surface area contributed by atoms with Crippen LogP contribution in [0.25, 0.3) is 0 Å². The van der Waals surface area contributed by atoms with Crippen LogP contribution in [0.2, 0.25) is 0 Å². The Hall–Kier alpha value is -2.40. The molecule has 0 aliphatic carbocycles. The summed E-state index contributed by atoms with van der Waals surface area (Å²) in [7, 11) is 0. The van der Waals surface area contributed by atoms with Gasteiger partial charge in [-0.2, -0.15) is 0 Å². The van der Waals surface area contributed by atoms with Gasteiger partial charge in [0.25, 0.3) is 5.69 Å². The number of benzene rings is 2. The summed E-state index contributed by atoms with van der Waals surface area (Å²) < 4.78 is 5.69. The Balaban J connectivity index is 2.23. The van der Waals surface area contributed by atoms with Crippen LogP contribution in [0.1, 0.15) is 11.1 Å². The number of nitrogens with zero attached hydrogens (tertiary/aromatic N) is 1. The monoisotopic (exact) mass is 258 g/mol. The molecule has 0 atom stereocenters. The van der Waals surface area contributed by atoms with Crippen molar-refractivity contribution < 1.29 is 9.66 Å². The summed E-state index contributed by atoms with van der Waals surface area (Å²) in [5, 5.41) is 10.6. The van der Waals surface area contributed by atoms with E-state index in [1.54, 1.807) is 12.1 Å². The number of nitro benzene ring substituents is 1. The highest BCUT2D eigenvalue weighted by molar-refractivity contribution is 5.42. The van der Waals surface area contributed by atoms with Crippen molar-refractivity contribution in [2.45, 2.75) is 13.5 Å². The van der Waals surface area contributed by atoms with Gasteiger partial charge in [0.2, 0.25) is 0 Å². The Labute approximate surface area is 110 Å². The molecule has 19 heavy (non-hydrogen) atoms. The lowest BCUT2D eigenvalue weighted by Gasteiger charge is -2.10. The van der Waals surface area contributed by atoms with Crippen LogP contribution in [0.3, 0.4) is 0 Å². The molecule has 0 heterocycles. The maximum Gasteiger partial charge on any atom is 0.269 e. The van der Waals surface area contributed by atoms with Crippen molar-refractivity contribution in [3.05, 3.63) is 63.7 Å². The van der Waals surface area contributed by atoms with Gasteiger partial charge in [0.05, 0.1) is 4.92 Å². The van der Waals surface area contributed by atoms with Crippen molar-refractivity contribution in [1.29, 1.82) is 0 Å². The van der Waals surface area contributed by atoms with Gasteiger partial charge >= 0.3 is 0 Å². The molecule has 2 N–H and O–H groups in total. The van der Waals surface area contributed by atoms with Gasteiger partial charge in [-0.15, -0.1) is 0 Å². The normalized spacial score (nSPS) is 10.2. The van der Waals surface area contributed by atoms with E-state index < -0.39 is 4.92 Å². The minimum atomic E-state index is -0.443. The zero-order valence-electron chi connectivity index (χ0n) is 10.5. The molecule has 0 bridgehead atoms. The van der Waals surface area contributed by atoms with Crippen LogP contribution in [0.5, 0.6) is 11.5 Å². The molecule has 5 nitrogen and oxygen atoms in total. The molecule has 98 valence electrons. The molecule has 5 heteroatoms. The van der Waals surface area contributed by atoms with Crippen LogP contribution in [-0.2, 0) is 6.54 Å². The fourth-order valence-electron chi connectivity index (χ4n) is 1.73. The first-order valence-corrected chi connectivity index (χ1v) is 5.82. The molecule has 2 aromatic rings. The lowest BCUT2D eigenvalue weighted by Crippen LogP contribution is -2.00. The highest BCUT2D eigenvalue weighted by Crippen LogP contribution is 2.27. The van der Waals surface area contributed by atoms with Gasteiger partial charge in [0, 0.05) is 24.2 Å². The molecule has 2 aromatic carbocycles. The summed E-state index contributed by atoms with van der Waals surface area (Å²) in [4.78, 5) is 10.1. The van der Waals surface area contributed by atoms with Crippen LogP contribution in [-0.4, -0.2) is 4.92 Å². The van der Waals surface area contributed by atoms with E-state index in [0.717, 1.165) is 11.1 Å². The number of aryl methyl sites for hydroxylation is 1. The summed E-state index contributed by atoms with van der Waals surface area (Å²) >= 11 is 0. The second-order valence-corrected chi connectivity index (χ2v) is 4.17. The second kappa shape index (κ2) is 5.49. The molecule has 0 aromatic heterocycles. The van der Waals surface area contributed by atoms with E-state index in [9.17, 15) is 10.1 Å². The van der Waals surface area contributed by atoms with E-state index in [0.29, 0.717) is 18.0 Å². The molecule has 0 saturated heterocycles. The largest absolute Gasteiger partial charge is 0.457 e. The zero-order valence-corrected chi connectivity index (χ0v) is 10.5. The number of non-ortho nitro benzene ring substituents is 1. The first kappa shape index (κ1) is 13.0. The van der Waals surface area contributed by atoms with E-state index in [4.69, 9.17) is 10.5 Å². The van der Waals surface area contributed by atoms with Crippen LogP contribution in [0.15, 0.2) is 42.5 Å². The zero-order chi connectivity index (χ0) is 13.8. The lowest BCUT2D eigenvalue weighted by atomic mass is 10.1. The molecular formula is C14H14N2O3. The topological polar surface area (TPSA) is 78.4 Å². The van der Waals surface area contributed by atoms with E-state index in [2.05, 4.69) is 0 Å². The van der Waals surface area contributed by atoms with Crippen LogP contribution >= 0.6 is 0 Å². The summed E-state index contributed by atoms with van der Waals surface area (Å²) in [6.07, 6.45) is 0. The van der Waals surface area contributed by atoms with Gasteiger partial charge in [-0.1, -0.05) is 17.7 Å². The highest BCUT2D eigenvalue weighted by atomic mass is 16.6. The van der Waals surface area contributed by atoms with Crippen molar-refractivity contribution in [2.75, 3.05) is 0 Å². The first-order valence-electron chi connectivity index (χ1n) is 5.82. The van der Waals surface area contributed by atoms with Gasteiger partial charge in [0.15, 0.2) is 0 Å². The first-order chi connectivity index (χ1) is 9.10. The van der Waals surface area contributed by atoms with Crippen molar-refractivity contribution in [1.82, 2.24) is 0 Å². The van der Waals surface area contributed by atoms with Gasteiger partial charge < -0.3 is 10.5 Å². The second-order valence-electron chi connectivity index (χ2n) is 4.17. The summed E-state index contributed by atoms with van der Waals surface area (Å²) in [6.45, 7) is 2.36. The number of rotatable bonds is 4. The summed E-state index contributed by atoms with van der Waals surface area (Å²) in [5.74, 6) is 1.21. The maximum atomic E-state index is 10.6. The van der Waals surface area contributed by atoms with E-state index in [-0.39, 0.29) is 5.69 Å². The minimum absolute atomic E-state index is 0.0373. The van der Waals surface area contributed by atoms with Crippen LogP contribution < -0.4 is 10.5 Å². The summed E-state index contributed by atoms with van der Waals surface area (Å²) in [5.41, 5.74) is 7.71. The fourth-order valence-corrected chi connectivity index (χ4v) is 1.73. The predicted molar refractivity (Wildman–Crippen MR) is 72.2 cm³/mol. The van der Waals surface area contributed by atoms with Crippen LogP contribution in [0.4, 0.5) is 5.69 Å². The third-order valence-electron chi connectivity index (χ3n) is 2.71.